The molecule has 2 amide bonds. The van der Waals surface area contributed by atoms with Crippen LogP contribution in [0.5, 0.6) is 0 Å². The Balaban J connectivity index is 1.55. The third kappa shape index (κ3) is 5.00. The second-order valence-corrected chi connectivity index (χ2v) is 7.63. The standard InChI is InChI=1S/C24H21F4N5O/c1-2-33-14-19(22(32-33)15-10-12-29-13-11-15)18-4-3-5-20(21(18)25)31-23(34)30-17-8-6-16(7-9-17)24(26,27)28/h3-6,8-14,16H,2,7H2,1H3,(H2,30,31,34). The molecule has 176 valence electrons. The highest BCUT2D eigenvalue weighted by molar-refractivity contribution is 5.92. The van der Waals surface area contributed by atoms with Crippen LogP contribution in [0.4, 0.5) is 28.0 Å². The summed E-state index contributed by atoms with van der Waals surface area (Å²) in [5, 5.41) is 9.41. The Hall–Kier alpha value is -3.95. The molecular formula is C24H21F4N5O. The fraction of sp³-hybridized carbons (Fsp3) is 0.208. The van der Waals surface area contributed by atoms with Gasteiger partial charge in [0.1, 0.15) is 5.69 Å². The Labute approximate surface area is 193 Å². The van der Waals surface area contributed by atoms with Gasteiger partial charge in [-0.3, -0.25) is 9.67 Å². The molecule has 1 aliphatic carbocycles. The van der Waals surface area contributed by atoms with Crippen molar-refractivity contribution in [2.75, 3.05) is 5.32 Å². The molecule has 0 aliphatic heterocycles. The van der Waals surface area contributed by atoms with Gasteiger partial charge in [0.15, 0.2) is 5.82 Å². The zero-order valence-electron chi connectivity index (χ0n) is 18.1. The molecule has 1 aliphatic rings. The lowest BCUT2D eigenvalue weighted by atomic mass is 9.99. The number of benzene rings is 1. The predicted octanol–water partition coefficient (Wildman–Crippen LogP) is 5.91. The van der Waals surface area contributed by atoms with Gasteiger partial charge in [-0.25, -0.2) is 9.18 Å². The normalized spacial score (nSPS) is 15.7. The molecule has 3 aromatic rings. The number of carbonyl (C=O) groups is 1. The Morgan fingerprint density at radius 1 is 1.15 bits per heavy atom. The molecule has 1 aromatic carbocycles. The third-order valence-electron chi connectivity index (χ3n) is 5.35. The molecular weight excluding hydrogens is 450 g/mol. The van der Waals surface area contributed by atoms with Crippen molar-refractivity contribution in [3.05, 3.63) is 78.7 Å². The van der Waals surface area contributed by atoms with Gasteiger partial charge in [0.25, 0.3) is 0 Å². The van der Waals surface area contributed by atoms with Gasteiger partial charge in [0.05, 0.1) is 11.6 Å². The molecule has 1 unspecified atom stereocenters. The van der Waals surface area contributed by atoms with E-state index in [1.54, 1.807) is 47.5 Å². The number of rotatable bonds is 5. The fourth-order valence-electron chi connectivity index (χ4n) is 3.58. The van der Waals surface area contributed by atoms with E-state index >= 15 is 4.39 Å². The van der Waals surface area contributed by atoms with Crippen LogP contribution in [0.2, 0.25) is 0 Å². The summed E-state index contributed by atoms with van der Waals surface area (Å²) in [6, 6.07) is 7.36. The molecule has 0 spiro atoms. The smallest absolute Gasteiger partial charge is 0.308 e. The van der Waals surface area contributed by atoms with Gasteiger partial charge in [0.2, 0.25) is 0 Å². The molecule has 2 N–H and O–H groups in total. The number of nitrogens with one attached hydrogen (secondary N) is 2. The minimum atomic E-state index is -4.34. The largest absolute Gasteiger partial charge is 0.395 e. The van der Waals surface area contributed by atoms with Crippen LogP contribution in [0, 0.1) is 11.7 Å². The fourth-order valence-corrected chi connectivity index (χ4v) is 3.58. The second kappa shape index (κ2) is 9.50. The number of alkyl halides is 3. The molecule has 0 saturated carbocycles. The van der Waals surface area contributed by atoms with E-state index < -0.39 is 23.9 Å². The number of amides is 2. The van der Waals surface area contributed by atoms with Crippen LogP contribution in [0.3, 0.4) is 0 Å². The SMILES string of the molecule is CCn1cc(-c2cccc(NC(=O)NC3=CCC(C(F)(F)F)C=C3)c2F)c(-c2ccncc2)n1. The lowest BCUT2D eigenvalue weighted by Crippen LogP contribution is -2.30. The van der Waals surface area contributed by atoms with Crippen molar-refractivity contribution in [1.82, 2.24) is 20.1 Å². The van der Waals surface area contributed by atoms with Gasteiger partial charge in [-0.15, -0.1) is 0 Å². The zero-order valence-corrected chi connectivity index (χ0v) is 18.1. The minimum Gasteiger partial charge on any atom is -0.308 e. The summed E-state index contributed by atoms with van der Waals surface area (Å²) >= 11 is 0. The van der Waals surface area contributed by atoms with Crippen molar-refractivity contribution in [2.45, 2.75) is 26.1 Å². The summed E-state index contributed by atoms with van der Waals surface area (Å²) in [4.78, 5) is 16.4. The summed E-state index contributed by atoms with van der Waals surface area (Å²) in [5.74, 6) is -2.25. The van der Waals surface area contributed by atoms with Gasteiger partial charge < -0.3 is 10.6 Å². The quantitative estimate of drug-likeness (QED) is 0.454. The third-order valence-corrected chi connectivity index (χ3v) is 5.35. The van der Waals surface area contributed by atoms with Crippen LogP contribution >= 0.6 is 0 Å². The summed E-state index contributed by atoms with van der Waals surface area (Å²) < 4.78 is 55.4. The van der Waals surface area contributed by atoms with E-state index in [1.165, 1.54) is 18.2 Å². The molecule has 0 radical (unpaired) electrons. The molecule has 1 atom stereocenters. The van der Waals surface area contributed by atoms with E-state index in [0.29, 0.717) is 17.8 Å². The van der Waals surface area contributed by atoms with Crippen molar-refractivity contribution >= 4 is 11.7 Å². The highest BCUT2D eigenvalue weighted by Gasteiger charge is 2.37. The Morgan fingerprint density at radius 3 is 2.56 bits per heavy atom. The van der Waals surface area contributed by atoms with E-state index in [4.69, 9.17) is 0 Å². The Kier molecular flexibility index (Phi) is 6.49. The monoisotopic (exact) mass is 471 g/mol. The van der Waals surface area contributed by atoms with E-state index in [-0.39, 0.29) is 23.4 Å². The van der Waals surface area contributed by atoms with Gasteiger partial charge in [-0.2, -0.15) is 18.3 Å². The van der Waals surface area contributed by atoms with E-state index in [2.05, 4.69) is 20.7 Å². The van der Waals surface area contributed by atoms with E-state index in [1.807, 2.05) is 6.92 Å². The van der Waals surface area contributed by atoms with Crippen LogP contribution < -0.4 is 10.6 Å². The van der Waals surface area contributed by atoms with Crippen LogP contribution in [-0.2, 0) is 6.54 Å². The van der Waals surface area contributed by atoms with Gasteiger partial charge >= 0.3 is 12.2 Å². The number of nitrogens with zero attached hydrogens (tertiary/aromatic N) is 3. The van der Waals surface area contributed by atoms with Crippen LogP contribution in [0.1, 0.15) is 13.3 Å². The number of halogens is 4. The predicted molar refractivity (Wildman–Crippen MR) is 120 cm³/mol. The molecule has 2 heterocycles. The number of carbonyl (C=O) groups excluding carboxylic acids is 1. The zero-order chi connectivity index (χ0) is 24.3. The summed E-state index contributed by atoms with van der Waals surface area (Å²) in [5.41, 5.74) is 2.26. The highest BCUT2D eigenvalue weighted by atomic mass is 19.4. The molecule has 0 fully saturated rings. The van der Waals surface area contributed by atoms with Crippen molar-refractivity contribution in [3.8, 4) is 22.4 Å². The molecule has 6 nitrogen and oxygen atoms in total. The van der Waals surface area contributed by atoms with Crippen molar-refractivity contribution in [3.63, 3.8) is 0 Å². The number of aryl methyl sites for hydroxylation is 1. The minimum absolute atomic E-state index is 0.0755. The number of aromatic nitrogens is 3. The first-order chi connectivity index (χ1) is 16.3. The van der Waals surface area contributed by atoms with E-state index in [0.717, 1.165) is 11.6 Å². The summed E-state index contributed by atoms with van der Waals surface area (Å²) in [6.07, 6.45) is 3.81. The van der Waals surface area contributed by atoms with Crippen molar-refractivity contribution in [1.29, 1.82) is 0 Å². The first-order valence-electron chi connectivity index (χ1n) is 10.6. The molecule has 34 heavy (non-hydrogen) atoms. The molecule has 0 saturated heterocycles. The maximum atomic E-state index is 15.4. The molecule has 2 aromatic heterocycles. The van der Waals surface area contributed by atoms with E-state index in [9.17, 15) is 18.0 Å². The lowest BCUT2D eigenvalue weighted by molar-refractivity contribution is -0.160. The first kappa shape index (κ1) is 23.2. The number of pyridine rings is 1. The Morgan fingerprint density at radius 2 is 1.91 bits per heavy atom. The Bertz CT molecular complexity index is 1250. The summed E-state index contributed by atoms with van der Waals surface area (Å²) in [6.45, 7) is 2.50. The maximum Gasteiger partial charge on any atom is 0.395 e. The van der Waals surface area contributed by atoms with Crippen molar-refractivity contribution in [2.24, 2.45) is 5.92 Å². The van der Waals surface area contributed by atoms with Crippen LogP contribution in [0.25, 0.3) is 22.4 Å². The van der Waals surface area contributed by atoms with Gasteiger partial charge in [-0.1, -0.05) is 24.3 Å². The number of anilines is 1. The topological polar surface area (TPSA) is 71.8 Å². The van der Waals surface area contributed by atoms with Gasteiger partial charge in [-0.05, 0) is 37.6 Å². The number of allylic oxidation sites excluding steroid dienone is 3. The highest BCUT2D eigenvalue weighted by Crippen LogP contribution is 2.35. The average Bonchev–Trinajstić information content (AvgIpc) is 3.25. The molecule has 4 rings (SSSR count). The molecule has 10 heteroatoms. The summed E-state index contributed by atoms with van der Waals surface area (Å²) in [7, 11) is 0. The van der Waals surface area contributed by atoms with Gasteiger partial charge in [0, 0.05) is 47.5 Å². The lowest BCUT2D eigenvalue weighted by Gasteiger charge is -2.19. The maximum absolute atomic E-state index is 15.4. The number of hydrogen-bond acceptors (Lipinski definition) is 3. The van der Waals surface area contributed by atoms with Crippen molar-refractivity contribution < 1.29 is 22.4 Å². The average molecular weight is 471 g/mol. The van der Waals surface area contributed by atoms with Crippen LogP contribution in [-0.4, -0.2) is 27.0 Å². The van der Waals surface area contributed by atoms with Crippen LogP contribution in [0.15, 0.2) is 72.8 Å². The number of hydrogen-bond donors (Lipinski definition) is 2. The second-order valence-electron chi connectivity index (χ2n) is 7.63. The number of urea groups is 1. The molecule has 0 bridgehead atoms. The first-order valence-corrected chi connectivity index (χ1v) is 10.6.